The second kappa shape index (κ2) is 4.99. The highest BCUT2D eigenvalue weighted by atomic mass is 35.5. The van der Waals surface area contributed by atoms with Crippen LogP contribution in [0.15, 0.2) is 30.3 Å². The van der Waals surface area contributed by atoms with Gasteiger partial charge >= 0.3 is 0 Å². The van der Waals surface area contributed by atoms with Gasteiger partial charge in [-0.15, -0.1) is 5.10 Å². The van der Waals surface area contributed by atoms with Crippen LogP contribution in [0.25, 0.3) is 16.7 Å². The molecule has 114 valence electrons. The highest BCUT2D eigenvalue weighted by molar-refractivity contribution is 6.31. The number of halogens is 1. The third kappa shape index (κ3) is 2.44. The molecule has 3 rings (SSSR count). The van der Waals surface area contributed by atoms with Crippen LogP contribution in [0.1, 0.15) is 31.9 Å². The molecule has 0 spiro atoms. The van der Waals surface area contributed by atoms with Gasteiger partial charge in [-0.2, -0.15) is 0 Å². The minimum Gasteiger partial charge on any atom is -0.508 e. The standard InChI is InChI=1S/C17H18ClN3O/c1-10-7-14(16(15(22)8-10)17(2,3)4)21-13-9-11(18)5-6-12(13)19-20-21/h5-9,22H,1-4H3. The van der Waals surface area contributed by atoms with E-state index in [0.29, 0.717) is 5.02 Å². The number of aryl methyl sites for hydroxylation is 1. The molecular formula is C17H18ClN3O. The van der Waals surface area contributed by atoms with Crippen molar-refractivity contribution in [2.45, 2.75) is 33.1 Å². The molecule has 0 fully saturated rings. The maximum Gasteiger partial charge on any atom is 0.121 e. The molecule has 0 bridgehead atoms. The first kappa shape index (κ1) is 14.9. The molecule has 0 amide bonds. The van der Waals surface area contributed by atoms with Crippen LogP contribution in [-0.2, 0) is 5.41 Å². The Morgan fingerprint density at radius 2 is 1.86 bits per heavy atom. The van der Waals surface area contributed by atoms with Gasteiger partial charge in [-0.3, -0.25) is 0 Å². The zero-order valence-electron chi connectivity index (χ0n) is 13.1. The van der Waals surface area contributed by atoms with E-state index in [-0.39, 0.29) is 11.2 Å². The summed E-state index contributed by atoms with van der Waals surface area (Å²) in [5.41, 5.74) is 3.99. The predicted octanol–water partition coefficient (Wildman–Crippen LogP) is 4.39. The fourth-order valence-corrected chi connectivity index (χ4v) is 2.92. The Balaban J connectivity index is 2.37. The molecule has 0 aliphatic rings. The molecular weight excluding hydrogens is 298 g/mol. The van der Waals surface area contributed by atoms with Gasteiger partial charge in [-0.05, 0) is 48.2 Å². The Hall–Kier alpha value is -2.07. The Kier molecular flexibility index (Phi) is 3.37. The molecule has 22 heavy (non-hydrogen) atoms. The maximum absolute atomic E-state index is 10.4. The average Bonchev–Trinajstić information content (AvgIpc) is 2.78. The molecule has 0 aliphatic heterocycles. The number of hydrogen-bond donors (Lipinski definition) is 1. The van der Waals surface area contributed by atoms with Gasteiger partial charge in [-0.1, -0.05) is 37.6 Å². The van der Waals surface area contributed by atoms with Gasteiger partial charge in [0.25, 0.3) is 0 Å². The van der Waals surface area contributed by atoms with Crippen molar-refractivity contribution in [3.8, 4) is 11.4 Å². The number of phenols is 1. The molecule has 0 saturated carbocycles. The Morgan fingerprint density at radius 3 is 2.55 bits per heavy atom. The van der Waals surface area contributed by atoms with Gasteiger partial charge in [0.1, 0.15) is 11.3 Å². The summed E-state index contributed by atoms with van der Waals surface area (Å²) in [6, 6.07) is 9.25. The largest absolute Gasteiger partial charge is 0.508 e. The average molecular weight is 316 g/mol. The fraction of sp³-hybridized carbons (Fsp3) is 0.294. The molecule has 4 nitrogen and oxygen atoms in total. The molecule has 0 radical (unpaired) electrons. The fourth-order valence-electron chi connectivity index (χ4n) is 2.75. The molecule has 2 aromatic carbocycles. The monoisotopic (exact) mass is 315 g/mol. The first-order valence-electron chi connectivity index (χ1n) is 7.13. The van der Waals surface area contributed by atoms with Gasteiger partial charge in [0.2, 0.25) is 0 Å². The van der Waals surface area contributed by atoms with Crippen LogP contribution in [0.2, 0.25) is 5.02 Å². The van der Waals surface area contributed by atoms with Gasteiger partial charge in [0.05, 0.1) is 11.2 Å². The van der Waals surface area contributed by atoms with Gasteiger partial charge in [-0.25, -0.2) is 4.68 Å². The lowest BCUT2D eigenvalue weighted by atomic mass is 9.84. The van der Waals surface area contributed by atoms with Crippen molar-refractivity contribution >= 4 is 22.6 Å². The van der Waals surface area contributed by atoms with Crippen LogP contribution in [0.4, 0.5) is 0 Å². The highest BCUT2D eigenvalue weighted by Crippen LogP contribution is 2.37. The zero-order valence-corrected chi connectivity index (χ0v) is 13.8. The lowest BCUT2D eigenvalue weighted by Gasteiger charge is -2.24. The zero-order chi connectivity index (χ0) is 16.1. The molecule has 0 atom stereocenters. The van der Waals surface area contributed by atoms with Crippen LogP contribution in [-0.4, -0.2) is 20.1 Å². The number of aromatic nitrogens is 3. The van der Waals surface area contributed by atoms with Crippen molar-refractivity contribution < 1.29 is 5.11 Å². The van der Waals surface area contributed by atoms with E-state index in [1.165, 1.54) is 0 Å². The molecule has 1 heterocycles. The lowest BCUT2D eigenvalue weighted by Crippen LogP contribution is -2.16. The molecule has 0 unspecified atom stereocenters. The van der Waals surface area contributed by atoms with Gasteiger partial charge in [0, 0.05) is 10.6 Å². The van der Waals surface area contributed by atoms with Crippen molar-refractivity contribution in [1.82, 2.24) is 15.0 Å². The van der Waals surface area contributed by atoms with Crippen LogP contribution < -0.4 is 0 Å². The minimum absolute atomic E-state index is 0.232. The highest BCUT2D eigenvalue weighted by Gasteiger charge is 2.25. The third-order valence-electron chi connectivity index (χ3n) is 3.63. The quantitative estimate of drug-likeness (QED) is 0.724. The number of rotatable bonds is 1. The summed E-state index contributed by atoms with van der Waals surface area (Å²) in [7, 11) is 0. The number of aromatic hydroxyl groups is 1. The van der Waals surface area contributed by atoms with Crippen molar-refractivity contribution in [2.75, 3.05) is 0 Å². The number of fused-ring (bicyclic) bond motifs is 1. The second-order valence-corrected chi connectivity index (χ2v) is 7.00. The topological polar surface area (TPSA) is 50.9 Å². The lowest BCUT2D eigenvalue weighted by molar-refractivity contribution is 0.444. The van der Waals surface area contributed by atoms with Gasteiger partial charge < -0.3 is 5.11 Å². The van der Waals surface area contributed by atoms with Crippen molar-refractivity contribution in [3.05, 3.63) is 46.5 Å². The second-order valence-electron chi connectivity index (χ2n) is 6.56. The van der Waals surface area contributed by atoms with Crippen molar-refractivity contribution in [1.29, 1.82) is 0 Å². The summed E-state index contributed by atoms with van der Waals surface area (Å²) in [5, 5.41) is 19.5. The van der Waals surface area contributed by atoms with E-state index in [2.05, 4.69) is 31.1 Å². The van der Waals surface area contributed by atoms with Crippen molar-refractivity contribution in [3.63, 3.8) is 0 Å². The molecule has 5 heteroatoms. The van der Waals surface area contributed by atoms with E-state index in [4.69, 9.17) is 11.6 Å². The van der Waals surface area contributed by atoms with E-state index in [1.807, 2.05) is 25.1 Å². The summed E-state index contributed by atoms with van der Waals surface area (Å²) in [6.07, 6.45) is 0. The normalized spacial score (nSPS) is 12.0. The third-order valence-corrected chi connectivity index (χ3v) is 3.86. The van der Waals surface area contributed by atoms with Crippen LogP contribution in [0.3, 0.4) is 0 Å². The number of hydrogen-bond acceptors (Lipinski definition) is 3. The SMILES string of the molecule is Cc1cc(O)c(C(C)(C)C)c(-n2nnc3ccc(Cl)cc32)c1. The van der Waals surface area contributed by atoms with Crippen LogP contribution >= 0.6 is 11.6 Å². The van der Waals surface area contributed by atoms with E-state index in [1.54, 1.807) is 16.8 Å². The number of nitrogens with zero attached hydrogens (tertiary/aromatic N) is 3. The number of phenolic OH excluding ortho intramolecular Hbond substituents is 1. The van der Waals surface area contributed by atoms with Crippen LogP contribution in [0, 0.1) is 6.92 Å². The first-order chi connectivity index (χ1) is 10.3. The van der Waals surface area contributed by atoms with Crippen molar-refractivity contribution in [2.24, 2.45) is 0 Å². The van der Waals surface area contributed by atoms with E-state index < -0.39 is 0 Å². The summed E-state index contributed by atoms with van der Waals surface area (Å²) < 4.78 is 1.74. The Labute approximate surface area is 134 Å². The smallest absolute Gasteiger partial charge is 0.121 e. The maximum atomic E-state index is 10.4. The summed E-state index contributed by atoms with van der Waals surface area (Å²) in [5.74, 6) is 0.271. The molecule has 0 aliphatic carbocycles. The Morgan fingerprint density at radius 1 is 1.14 bits per heavy atom. The van der Waals surface area contributed by atoms with E-state index in [9.17, 15) is 5.11 Å². The first-order valence-corrected chi connectivity index (χ1v) is 7.50. The van der Waals surface area contributed by atoms with E-state index >= 15 is 0 Å². The predicted molar refractivity (Wildman–Crippen MR) is 89.0 cm³/mol. The van der Waals surface area contributed by atoms with Gasteiger partial charge in [0.15, 0.2) is 0 Å². The van der Waals surface area contributed by atoms with Crippen LogP contribution in [0.5, 0.6) is 5.75 Å². The minimum atomic E-state index is -0.232. The number of benzene rings is 2. The van der Waals surface area contributed by atoms with E-state index in [0.717, 1.165) is 27.8 Å². The summed E-state index contributed by atoms with van der Waals surface area (Å²) in [6.45, 7) is 8.13. The molecule has 3 aromatic rings. The molecule has 1 aromatic heterocycles. The summed E-state index contributed by atoms with van der Waals surface area (Å²) in [4.78, 5) is 0. The Bertz CT molecular complexity index is 862. The summed E-state index contributed by atoms with van der Waals surface area (Å²) >= 11 is 6.11. The molecule has 1 N–H and O–H groups in total. The molecule has 0 saturated heterocycles.